The zero-order valence-corrected chi connectivity index (χ0v) is 13.2. The second-order valence-corrected chi connectivity index (χ2v) is 5.13. The van der Waals surface area contributed by atoms with E-state index >= 15 is 0 Å². The fourth-order valence-electron chi connectivity index (χ4n) is 2.16. The highest BCUT2D eigenvalue weighted by Gasteiger charge is 2.13. The minimum Gasteiger partial charge on any atom is -0.465 e. The van der Waals surface area contributed by atoms with E-state index in [0.29, 0.717) is 16.7 Å². The molecule has 0 aliphatic heterocycles. The van der Waals surface area contributed by atoms with Gasteiger partial charge in [0, 0.05) is 23.7 Å². The smallest absolute Gasteiger partial charge is 0.337 e. The number of methoxy groups -OCH3 is 1. The molecular formula is C17H16N2O5. The quantitative estimate of drug-likeness (QED) is 0.517. The maximum atomic E-state index is 12.1. The molecule has 0 aromatic heterocycles. The summed E-state index contributed by atoms with van der Waals surface area (Å²) in [6, 6.07) is 10.9. The molecule has 0 aliphatic carbocycles. The largest absolute Gasteiger partial charge is 0.465 e. The van der Waals surface area contributed by atoms with Crippen LogP contribution in [0.1, 0.15) is 31.8 Å². The average molecular weight is 328 g/mol. The Labute approximate surface area is 138 Å². The number of aryl methyl sites for hydroxylation is 1. The molecule has 0 radical (unpaired) electrons. The number of nitro groups is 1. The maximum Gasteiger partial charge on any atom is 0.337 e. The topological polar surface area (TPSA) is 98.5 Å². The normalized spacial score (nSPS) is 10.1. The molecule has 2 aromatic carbocycles. The molecule has 0 saturated heterocycles. The average Bonchev–Trinajstić information content (AvgIpc) is 2.59. The van der Waals surface area contributed by atoms with Crippen molar-refractivity contribution >= 4 is 17.6 Å². The number of rotatable bonds is 5. The molecule has 0 aliphatic rings. The number of esters is 1. The first-order chi connectivity index (χ1) is 11.4. The molecule has 0 spiro atoms. The van der Waals surface area contributed by atoms with Crippen LogP contribution in [0.5, 0.6) is 0 Å². The van der Waals surface area contributed by atoms with Crippen LogP contribution in [0.25, 0.3) is 0 Å². The lowest BCUT2D eigenvalue weighted by atomic mass is 10.1. The predicted molar refractivity (Wildman–Crippen MR) is 86.8 cm³/mol. The van der Waals surface area contributed by atoms with Gasteiger partial charge in [0.2, 0.25) is 0 Å². The standard InChI is InChI=1S/C17H16N2O5/c1-11-9-14(7-8-15(11)19(22)23)16(20)18-10-12-3-5-13(6-4-12)17(21)24-2/h3-9H,10H2,1-2H3,(H,18,20). The van der Waals surface area contributed by atoms with Crippen molar-refractivity contribution in [2.45, 2.75) is 13.5 Å². The van der Waals surface area contributed by atoms with E-state index < -0.39 is 10.9 Å². The highest BCUT2D eigenvalue weighted by molar-refractivity contribution is 5.94. The second-order valence-electron chi connectivity index (χ2n) is 5.13. The maximum absolute atomic E-state index is 12.1. The van der Waals surface area contributed by atoms with E-state index in [1.807, 2.05) is 0 Å². The lowest BCUT2D eigenvalue weighted by Crippen LogP contribution is -2.23. The Morgan fingerprint density at radius 1 is 1.12 bits per heavy atom. The molecule has 0 saturated carbocycles. The van der Waals surface area contributed by atoms with Gasteiger partial charge in [-0.1, -0.05) is 12.1 Å². The van der Waals surface area contributed by atoms with Crippen molar-refractivity contribution in [1.82, 2.24) is 5.32 Å². The van der Waals surface area contributed by atoms with Gasteiger partial charge in [0.25, 0.3) is 11.6 Å². The third kappa shape index (κ3) is 3.95. The van der Waals surface area contributed by atoms with Gasteiger partial charge >= 0.3 is 5.97 Å². The van der Waals surface area contributed by atoms with Gasteiger partial charge in [0.1, 0.15) is 0 Å². The SMILES string of the molecule is COC(=O)c1ccc(CNC(=O)c2ccc([N+](=O)[O-])c(C)c2)cc1. The van der Waals surface area contributed by atoms with Crippen LogP contribution >= 0.6 is 0 Å². The van der Waals surface area contributed by atoms with E-state index in [4.69, 9.17) is 0 Å². The monoisotopic (exact) mass is 328 g/mol. The molecule has 0 fully saturated rings. The molecule has 7 heteroatoms. The third-order valence-electron chi connectivity index (χ3n) is 3.48. The Kier molecular flexibility index (Phi) is 5.26. The van der Waals surface area contributed by atoms with Gasteiger partial charge in [0.15, 0.2) is 0 Å². The van der Waals surface area contributed by atoms with Crippen LogP contribution in [0.3, 0.4) is 0 Å². The van der Waals surface area contributed by atoms with Crippen molar-refractivity contribution in [3.8, 4) is 0 Å². The van der Waals surface area contributed by atoms with E-state index in [2.05, 4.69) is 10.1 Å². The Balaban J connectivity index is 2.01. The molecule has 0 heterocycles. The lowest BCUT2D eigenvalue weighted by Gasteiger charge is -2.07. The number of ether oxygens (including phenoxy) is 1. The molecular weight excluding hydrogens is 312 g/mol. The summed E-state index contributed by atoms with van der Waals surface area (Å²) in [4.78, 5) is 33.8. The van der Waals surface area contributed by atoms with E-state index in [-0.39, 0.29) is 18.1 Å². The molecule has 2 aromatic rings. The van der Waals surface area contributed by atoms with Crippen LogP contribution in [0, 0.1) is 17.0 Å². The number of carbonyl (C=O) groups excluding carboxylic acids is 2. The van der Waals surface area contributed by atoms with Gasteiger partial charge in [-0.25, -0.2) is 4.79 Å². The Morgan fingerprint density at radius 2 is 1.75 bits per heavy atom. The van der Waals surface area contributed by atoms with Gasteiger partial charge in [-0.2, -0.15) is 0 Å². The number of hydrogen-bond donors (Lipinski definition) is 1. The number of nitrogens with zero attached hydrogens (tertiary/aromatic N) is 1. The van der Waals surface area contributed by atoms with Crippen LogP contribution in [0.15, 0.2) is 42.5 Å². The Morgan fingerprint density at radius 3 is 2.29 bits per heavy atom. The number of carbonyl (C=O) groups is 2. The van der Waals surface area contributed by atoms with E-state index in [1.165, 1.54) is 25.3 Å². The molecule has 0 unspecified atom stereocenters. The summed E-state index contributed by atoms with van der Waals surface area (Å²) in [5.41, 5.74) is 2.00. The minimum atomic E-state index is -0.486. The van der Waals surface area contributed by atoms with Crippen molar-refractivity contribution in [2.75, 3.05) is 7.11 Å². The van der Waals surface area contributed by atoms with E-state index in [0.717, 1.165) is 5.56 Å². The zero-order chi connectivity index (χ0) is 17.7. The number of nitro benzene ring substituents is 1. The van der Waals surface area contributed by atoms with Gasteiger partial charge in [0.05, 0.1) is 17.6 Å². The van der Waals surface area contributed by atoms with Crippen molar-refractivity contribution in [3.05, 3.63) is 74.8 Å². The fraction of sp³-hybridized carbons (Fsp3) is 0.176. The first-order valence-electron chi connectivity index (χ1n) is 7.13. The summed E-state index contributed by atoms with van der Waals surface area (Å²) in [5.74, 6) is -0.753. The molecule has 0 atom stereocenters. The van der Waals surface area contributed by atoms with Gasteiger partial charge in [-0.05, 0) is 36.8 Å². The fourth-order valence-corrected chi connectivity index (χ4v) is 2.16. The van der Waals surface area contributed by atoms with Crippen molar-refractivity contribution in [2.24, 2.45) is 0 Å². The van der Waals surface area contributed by atoms with Gasteiger partial charge < -0.3 is 10.1 Å². The Hall–Kier alpha value is -3.22. The third-order valence-corrected chi connectivity index (χ3v) is 3.48. The summed E-state index contributed by atoms with van der Waals surface area (Å²) in [5, 5.41) is 13.5. The highest BCUT2D eigenvalue weighted by Crippen LogP contribution is 2.18. The first-order valence-corrected chi connectivity index (χ1v) is 7.13. The van der Waals surface area contributed by atoms with E-state index in [9.17, 15) is 19.7 Å². The molecule has 124 valence electrons. The molecule has 1 N–H and O–H groups in total. The Bertz CT molecular complexity index is 784. The summed E-state index contributed by atoms with van der Waals surface area (Å²) < 4.78 is 4.61. The number of amides is 1. The van der Waals surface area contributed by atoms with Crippen LogP contribution in [0.4, 0.5) is 5.69 Å². The molecule has 7 nitrogen and oxygen atoms in total. The van der Waals surface area contributed by atoms with Crippen LogP contribution in [0.2, 0.25) is 0 Å². The lowest BCUT2D eigenvalue weighted by molar-refractivity contribution is -0.385. The summed E-state index contributed by atoms with van der Waals surface area (Å²) in [6.45, 7) is 1.86. The molecule has 1 amide bonds. The van der Waals surface area contributed by atoms with Crippen LogP contribution in [-0.4, -0.2) is 23.9 Å². The van der Waals surface area contributed by atoms with Crippen LogP contribution in [-0.2, 0) is 11.3 Å². The summed E-state index contributed by atoms with van der Waals surface area (Å²) >= 11 is 0. The van der Waals surface area contributed by atoms with Crippen molar-refractivity contribution < 1.29 is 19.2 Å². The number of hydrogen-bond acceptors (Lipinski definition) is 5. The second kappa shape index (κ2) is 7.36. The first kappa shape index (κ1) is 17.1. The molecule has 2 rings (SSSR count). The summed E-state index contributed by atoms with van der Waals surface area (Å²) in [7, 11) is 1.31. The molecule has 0 bridgehead atoms. The van der Waals surface area contributed by atoms with Gasteiger partial charge in [-0.3, -0.25) is 14.9 Å². The van der Waals surface area contributed by atoms with Crippen molar-refractivity contribution in [1.29, 1.82) is 0 Å². The minimum absolute atomic E-state index is 0.0232. The summed E-state index contributed by atoms with van der Waals surface area (Å²) in [6.07, 6.45) is 0. The van der Waals surface area contributed by atoms with Crippen LogP contribution < -0.4 is 5.32 Å². The number of benzene rings is 2. The number of nitrogens with one attached hydrogen (secondary N) is 1. The molecule has 24 heavy (non-hydrogen) atoms. The van der Waals surface area contributed by atoms with Crippen molar-refractivity contribution in [3.63, 3.8) is 0 Å². The van der Waals surface area contributed by atoms with E-state index in [1.54, 1.807) is 31.2 Å². The zero-order valence-electron chi connectivity index (χ0n) is 13.2. The highest BCUT2D eigenvalue weighted by atomic mass is 16.6. The predicted octanol–water partition coefficient (Wildman–Crippen LogP) is 2.62. The van der Waals surface area contributed by atoms with Gasteiger partial charge in [-0.15, -0.1) is 0 Å².